The van der Waals surface area contributed by atoms with E-state index in [9.17, 15) is 25.2 Å². The number of carbonyl (C=O) groups excluding carboxylic acids is 1. The number of hydrogen-bond donors (Lipinski definition) is 5. The van der Waals surface area contributed by atoms with Gasteiger partial charge in [-0.3, -0.25) is 4.79 Å². The van der Waals surface area contributed by atoms with Crippen LogP contribution in [0, 0.1) is 0 Å². The molecule has 0 saturated carbocycles. The third-order valence-corrected chi connectivity index (χ3v) is 5.22. The second-order valence-corrected chi connectivity index (χ2v) is 7.15. The average Bonchev–Trinajstić information content (AvgIpc) is 2.79. The van der Waals surface area contributed by atoms with E-state index in [1.807, 2.05) is 31.2 Å². The normalized spacial score (nSPS) is 26.3. The highest BCUT2D eigenvalue weighted by atomic mass is 16.7. The number of aryl methyl sites for hydroxylation is 1. The molecule has 3 rings (SSSR count). The van der Waals surface area contributed by atoms with Crippen LogP contribution >= 0.6 is 0 Å². The van der Waals surface area contributed by atoms with Crippen LogP contribution in [0.1, 0.15) is 22.8 Å². The zero-order chi connectivity index (χ0) is 21.8. The number of carbonyl (C=O) groups is 1. The van der Waals surface area contributed by atoms with Crippen molar-refractivity contribution in [2.24, 2.45) is 0 Å². The molecule has 2 aromatic carbocycles. The highest BCUT2D eigenvalue weighted by Crippen LogP contribution is 2.31. The Morgan fingerprint density at radius 3 is 2.47 bits per heavy atom. The maximum Gasteiger partial charge on any atom is 0.251 e. The minimum atomic E-state index is -1.50. The minimum absolute atomic E-state index is 0.171. The number of nitrogens with one attached hydrogen (secondary N) is 1. The molecule has 30 heavy (non-hydrogen) atoms. The zero-order valence-electron chi connectivity index (χ0n) is 16.9. The van der Waals surface area contributed by atoms with Gasteiger partial charge in [0.1, 0.15) is 30.2 Å². The van der Waals surface area contributed by atoms with Crippen molar-refractivity contribution in [3.8, 4) is 16.9 Å². The minimum Gasteiger partial charge on any atom is -0.462 e. The Hall–Kier alpha value is -2.49. The molecule has 1 heterocycles. The van der Waals surface area contributed by atoms with Gasteiger partial charge in [0, 0.05) is 12.6 Å². The van der Waals surface area contributed by atoms with Gasteiger partial charge in [0.25, 0.3) is 5.91 Å². The molecule has 8 heteroatoms. The van der Waals surface area contributed by atoms with Gasteiger partial charge < -0.3 is 35.2 Å². The van der Waals surface area contributed by atoms with Crippen molar-refractivity contribution in [1.29, 1.82) is 0 Å². The van der Waals surface area contributed by atoms with E-state index in [-0.39, 0.29) is 5.91 Å². The summed E-state index contributed by atoms with van der Waals surface area (Å²) in [5, 5.41) is 42.0. The second-order valence-electron chi connectivity index (χ2n) is 7.15. The van der Waals surface area contributed by atoms with E-state index in [0.29, 0.717) is 17.7 Å². The standard InChI is InChI=1S/C22H27NO7/c1-3-12-9-14(13-5-4-6-15(10-13)21(28)23-2)7-8-16(12)29-22-20(27)19(26)18(25)17(11-24)30-22/h4-10,17-20,22,24-27H,3,11H2,1-2H3,(H,23,28)/t17?,18-,19?,20?,22+/m1/s1. The van der Waals surface area contributed by atoms with Crippen LogP contribution in [0.3, 0.4) is 0 Å². The smallest absolute Gasteiger partial charge is 0.251 e. The number of hydrogen-bond acceptors (Lipinski definition) is 7. The van der Waals surface area contributed by atoms with E-state index in [1.165, 1.54) is 0 Å². The molecule has 2 aromatic rings. The summed E-state index contributed by atoms with van der Waals surface area (Å²) in [7, 11) is 1.58. The van der Waals surface area contributed by atoms with E-state index in [4.69, 9.17) is 9.47 Å². The summed E-state index contributed by atoms with van der Waals surface area (Å²) in [6, 6.07) is 12.7. The van der Waals surface area contributed by atoms with Crippen molar-refractivity contribution in [2.75, 3.05) is 13.7 Å². The fraction of sp³-hybridized carbons (Fsp3) is 0.409. The van der Waals surface area contributed by atoms with Gasteiger partial charge in [-0.2, -0.15) is 0 Å². The molecule has 0 aromatic heterocycles. The highest BCUT2D eigenvalue weighted by Gasteiger charge is 2.44. The van der Waals surface area contributed by atoms with Crippen LogP contribution in [0.25, 0.3) is 11.1 Å². The fourth-order valence-corrected chi connectivity index (χ4v) is 3.42. The van der Waals surface area contributed by atoms with Crippen LogP contribution in [0.2, 0.25) is 0 Å². The number of rotatable bonds is 6. The number of aliphatic hydroxyl groups excluding tert-OH is 4. The van der Waals surface area contributed by atoms with Gasteiger partial charge in [0.2, 0.25) is 6.29 Å². The molecule has 8 nitrogen and oxygen atoms in total. The molecule has 1 amide bonds. The summed E-state index contributed by atoms with van der Waals surface area (Å²) in [4.78, 5) is 11.9. The van der Waals surface area contributed by atoms with Crippen LogP contribution in [0.15, 0.2) is 42.5 Å². The van der Waals surface area contributed by atoms with Crippen molar-refractivity contribution in [2.45, 2.75) is 44.1 Å². The first-order chi connectivity index (χ1) is 14.4. The predicted octanol–water partition coefficient (Wildman–Crippen LogP) is 0.454. The lowest BCUT2D eigenvalue weighted by molar-refractivity contribution is -0.277. The Kier molecular flexibility index (Phi) is 7.06. The zero-order valence-corrected chi connectivity index (χ0v) is 16.9. The maximum atomic E-state index is 11.9. The number of benzene rings is 2. The van der Waals surface area contributed by atoms with Gasteiger partial charge in [-0.25, -0.2) is 0 Å². The molecule has 0 aliphatic carbocycles. The Bertz CT molecular complexity index is 886. The van der Waals surface area contributed by atoms with Gasteiger partial charge in [0.15, 0.2) is 0 Å². The molecule has 0 radical (unpaired) electrons. The number of aliphatic hydroxyl groups is 4. The van der Waals surface area contributed by atoms with Crippen molar-refractivity contribution in [1.82, 2.24) is 5.32 Å². The van der Waals surface area contributed by atoms with E-state index >= 15 is 0 Å². The molecule has 0 bridgehead atoms. The first kappa shape index (κ1) is 22.2. The van der Waals surface area contributed by atoms with Crippen molar-refractivity contribution < 1.29 is 34.7 Å². The molecule has 5 atom stereocenters. The third kappa shape index (κ3) is 4.48. The summed E-state index contributed by atoms with van der Waals surface area (Å²) in [6.07, 6.45) is -6.08. The SMILES string of the molecule is CCc1cc(-c2cccc(C(=O)NC)c2)ccc1O[C@H]1OC(CO)[C@@H](O)C(O)C1O. The van der Waals surface area contributed by atoms with E-state index in [0.717, 1.165) is 16.7 Å². The average molecular weight is 417 g/mol. The summed E-state index contributed by atoms with van der Waals surface area (Å²) in [5.41, 5.74) is 3.13. The quantitative estimate of drug-likeness (QED) is 0.462. The maximum absolute atomic E-state index is 11.9. The fourth-order valence-electron chi connectivity index (χ4n) is 3.42. The summed E-state index contributed by atoms with van der Waals surface area (Å²) in [6.45, 7) is 1.42. The molecule has 0 spiro atoms. The lowest BCUT2D eigenvalue weighted by Gasteiger charge is -2.39. The van der Waals surface area contributed by atoms with Crippen LogP contribution in [0.4, 0.5) is 0 Å². The van der Waals surface area contributed by atoms with Gasteiger partial charge in [0.05, 0.1) is 6.61 Å². The topological polar surface area (TPSA) is 128 Å². The molecule has 1 saturated heterocycles. The molecular formula is C22H27NO7. The lowest BCUT2D eigenvalue weighted by atomic mass is 9.98. The molecule has 162 valence electrons. The van der Waals surface area contributed by atoms with Crippen LogP contribution in [0.5, 0.6) is 5.75 Å². The van der Waals surface area contributed by atoms with Crippen molar-refractivity contribution in [3.63, 3.8) is 0 Å². The molecule has 1 aliphatic rings. The van der Waals surface area contributed by atoms with Crippen LogP contribution in [-0.4, -0.2) is 70.7 Å². The molecule has 5 N–H and O–H groups in total. The summed E-state index contributed by atoms with van der Waals surface area (Å²) < 4.78 is 11.2. The van der Waals surface area contributed by atoms with Gasteiger partial charge in [-0.1, -0.05) is 25.1 Å². The van der Waals surface area contributed by atoms with Crippen molar-refractivity contribution >= 4 is 5.91 Å². The summed E-state index contributed by atoms with van der Waals surface area (Å²) in [5.74, 6) is 0.281. The Morgan fingerprint density at radius 1 is 1.07 bits per heavy atom. The molecule has 1 aliphatic heterocycles. The largest absolute Gasteiger partial charge is 0.462 e. The van der Waals surface area contributed by atoms with E-state index in [1.54, 1.807) is 25.2 Å². The highest BCUT2D eigenvalue weighted by molar-refractivity contribution is 5.95. The number of amides is 1. The monoisotopic (exact) mass is 417 g/mol. The second kappa shape index (κ2) is 9.55. The first-order valence-electron chi connectivity index (χ1n) is 9.82. The van der Waals surface area contributed by atoms with Gasteiger partial charge in [-0.15, -0.1) is 0 Å². The van der Waals surface area contributed by atoms with E-state index < -0.39 is 37.3 Å². The molecular weight excluding hydrogens is 390 g/mol. The first-order valence-corrected chi connectivity index (χ1v) is 9.82. The Labute approximate surface area is 174 Å². The van der Waals surface area contributed by atoms with E-state index in [2.05, 4.69) is 5.32 Å². The van der Waals surface area contributed by atoms with Crippen molar-refractivity contribution in [3.05, 3.63) is 53.6 Å². The summed E-state index contributed by atoms with van der Waals surface area (Å²) >= 11 is 0. The Balaban J connectivity index is 1.85. The lowest BCUT2D eigenvalue weighted by Crippen LogP contribution is -2.60. The predicted molar refractivity (Wildman–Crippen MR) is 109 cm³/mol. The van der Waals surface area contributed by atoms with Crippen LogP contribution < -0.4 is 10.1 Å². The van der Waals surface area contributed by atoms with Gasteiger partial charge >= 0.3 is 0 Å². The Morgan fingerprint density at radius 2 is 1.80 bits per heavy atom. The van der Waals surface area contributed by atoms with Crippen LogP contribution in [-0.2, 0) is 11.2 Å². The van der Waals surface area contributed by atoms with Gasteiger partial charge in [-0.05, 0) is 47.4 Å². The molecule has 3 unspecified atom stereocenters. The number of ether oxygens (including phenoxy) is 2. The third-order valence-electron chi connectivity index (χ3n) is 5.22. The molecule has 1 fully saturated rings.